The first kappa shape index (κ1) is 14.8. The highest BCUT2D eigenvalue weighted by molar-refractivity contribution is 8.00. The minimum absolute atomic E-state index is 0.186. The van der Waals surface area contributed by atoms with Crippen LogP contribution in [0.15, 0.2) is 58.5 Å². The van der Waals surface area contributed by atoms with Gasteiger partial charge in [0.05, 0.1) is 0 Å². The van der Waals surface area contributed by atoms with Crippen molar-refractivity contribution in [2.45, 2.75) is 6.92 Å². The lowest BCUT2D eigenvalue weighted by molar-refractivity contribution is 0.174. The summed E-state index contributed by atoms with van der Waals surface area (Å²) in [7, 11) is -3.72. The Bertz CT molecular complexity index is 979. The summed E-state index contributed by atoms with van der Waals surface area (Å²) >= 11 is 0. The van der Waals surface area contributed by atoms with Gasteiger partial charge in [-0.2, -0.15) is 8.42 Å². The van der Waals surface area contributed by atoms with Crippen LogP contribution < -0.4 is 14.8 Å². The van der Waals surface area contributed by atoms with E-state index in [4.69, 9.17) is 9.47 Å². The minimum Gasteiger partial charge on any atom is -0.454 e. The largest absolute Gasteiger partial charge is 0.454 e. The molecule has 4 rings (SSSR count). The summed E-state index contributed by atoms with van der Waals surface area (Å²) in [6.07, 6.45) is 0. The van der Waals surface area contributed by atoms with E-state index in [1.807, 2.05) is 6.07 Å². The normalized spacial score (nSPS) is 17.8. The van der Waals surface area contributed by atoms with Crippen molar-refractivity contribution < 1.29 is 17.9 Å². The van der Waals surface area contributed by atoms with Gasteiger partial charge in [-0.15, -0.1) is 4.40 Å². The zero-order valence-electron chi connectivity index (χ0n) is 12.8. The molecule has 2 aliphatic rings. The topological polar surface area (TPSA) is 77.0 Å². The lowest BCUT2D eigenvalue weighted by Gasteiger charge is -2.08. The molecule has 0 radical (unpaired) electrons. The van der Waals surface area contributed by atoms with Gasteiger partial charge in [-0.05, 0) is 24.6 Å². The first-order valence-electron chi connectivity index (χ1n) is 7.33. The second kappa shape index (κ2) is 5.38. The zero-order valence-corrected chi connectivity index (χ0v) is 13.6. The van der Waals surface area contributed by atoms with E-state index in [0.29, 0.717) is 34.2 Å². The van der Waals surface area contributed by atoms with Crippen LogP contribution in [0, 0.1) is 0 Å². The average Bonchev–Trinajstić information content (AvgIpc) is 3.10. The van der Waals surface area contributed by atoms with E-state index in [9.17, 15) is 8.42 Å². The molecule has 0 fully saturated rings. The Morgan fingerprint density at radius 2 is 1.79 bits per heavy atom. The van der Waals surface area contributed by atoms with Crippen molar-refractivity contribution in [1.29, 1.82) is 0 Å². The summed E-state index contributed by atoms with van der Waals surface area (Å²) in [6, 6.07) is 14.3. The second-order valence-electron chi connectivity index (χ2n) is 5.43. The van der Waals surface area contributed by atoms with Crippen LogP contribution in [0.3, 0.4) is 0 Å². The molecular formula is C17H14N2O4S. The van der Waals surface area contributed by atoms with Gasteiger partial charge in [0.25, 0.3) is 10.0 Å². The van der Waals surface area contributed by atoms with E-state index in [0.717, 1.165) is 0 Å². The maximum atomic E-state index is 12.4. The number of anilines is 1. The van der Waals surface area contributed by atoms with E-state index < -0.39 is 10.0 Å². The quantitative estimate of drug-likeness (QED) is 0.908. The number of sulfonamides is 1. The fourth-order valence-electron chi connectivity index (χ4n) is 2.72. The lowest BCUT2D eigenvalue weighted by Crippen LogP contribution is -2.11. The molecule has 0 aliphatic carbocycles. The summed E-state index contributed by atoms with van der Waals surface area (Å²) in [4.78, 5) is 0.228. The van der Waals surface area contributed by atoms with Gasteiger partial charge < -0.3 is 14.8 Å². The highest BCUT2D eigenvalue weighted by Crippen LogP contribution is 2.36. The van der Waals surface area contributed by atoms with Crippen molar-refractivity contribution in [3.05, 3.63) is 59.7 Å². The fraction of sp³-hybridized carbons (Fsp3) is 0.118. The number of benzene rings is 2. The van der Waals surface area contributed by atoms with Gasteiger partial charge in [0.1, 0.15) is 10.7 Å². The fourth-order valence-corrected chi connectivity index (χ4v) is 4.15. The van der Waals surface area contributed by atoms with E-state index >= 15 is 0 Å². The number of nitrogens with one attached hydrogen (secondary N) is 1. The number of fused-ring (bicyclic) bond motifs is 1. The van der Waals surface area contributed by atoms with E-state index in [2.05, 4.69) is 9.71 Å². The lowest BCUT2D eigenvalue weighted by atomic mass is 10.1. The van der Waals surface area contributed by atoms with Crippen LogP contribution >= 0.6 is 0 Å². The smallest absolute Gasteiger partial charge is 0.285 e. The van der Waals surface area contributed by atoms with Crippen molar-refractivity contribution in [3.8, 4) is 11.5 Å². The van der Waals surface area contributed by atoms with Gasteiger partial charge in [-0.3, -0.25) is 0 Å². The molecule has 122 valence electrons. The molecular weight excluding hydrogens is 328 g/mol. The molecule has 0 amide bonds. The molecule has 1 N–H and O–H groups in total. The Morgan fingerprint density at radius 3 is 2.58 bits per heavy atom. The van der Waals surface area contributed by atoms with Crippen LogP contribution in [0.2, 0.25) is 0 Å². The molecule has 0 bridgehead atoms. The first-order valence-corrected chi connectivity index (χ1v) is 8.77. The number of nitrogens with zero attached hydrogens (tertiary/aromatic N) is 1. The molecule has 2 aromatic carbocycles. The minimum atomic E-state index is -3.72. The Labute approximate surface area is 139 Å². The van der Waals surface area contributed by atoms with E-state index in [1.165, 1.54) is 0 Å². The Kier molecular flexibility index (Phi) is 3.31. The zero-order chi connectivity index (χ0) is 16.7. The summed E-state index contributed by atoms with van der Waals surface area (Å²) in [5, 5.41) is 3.05. The van der Waals surface area contributed by atoms with Crippen molar-refractivity contribution in [1.82, 2.24) is 0 Å². The van der Waals surface area contributed by atoms with Gasteiger partial charge >= 0.3 is 0 Å². The third kappa shape index (κ3) is 2.43. The molecule has 0 saturated carbocycles. The molecule has 0 aromatic heterocycles. The Hall–Kier alpha value is -2.80. The molecule has 0 saturated heterocycles. The molecule has 0 spiro atoms. The van der Waals surface area contributed by atoms with Crippen molar-refractivity contribution >= 4 is 26.5 Å². The molecule has 24 heavy (non-hydrogen) atoms. The third-order valence-corrected chi connectivity index (χ3v) is 5.32. The summed E-state index contributed by atoms with van der Waals surface area (Å²) in [5.41, 5.74) is 1.89. The maximum absolute atomic E-state index is 12.4. The molecule has 2 aromatic rings. The number of amidine groups is 1. The number of hydrogen-bond donors (Lipinski definition) is 1. The number of ether oxygens (including phenoxy) is 2. The summed E-state index contributed by atoms with van der Waals surface area (Å²) < 4.78 is 39.3. The van der Waals surface area contributed by atoms with Crippen molar-refractivity contribution in [2.75, 3.05) is 12.1 Å². The van der Waals surface area contributed by atoms with Gasteiger partial charge in [-0.25, -0.2) is 0 Å². The van der Waals surface area contributed by atoms with Gasteiger partial charge in [0, 0.05) is 17.3 Å². The highest BCUT2D eigenvalue weighted by Gasteiger charge is 2.31. The van der Waals surface area contributed by atoms with Crippen molar-refractivity contribution in [3.63, 3.8) is 0 Å². The molecule has 2 aliphatic heterocycles. The van der Waals surface area contributed by atoms with E-state index in [-0.39, 0.29) is 11.7 Å². The molecule has 0 unspecified atom stereocenters. The van der Waals surface area contributed by atoms with Crippen LogP contribution in [-0.2, 0) is 10.0 Å². The van der Waals surface area contributed by atoms with E-state index in [1.54, 1.807) is 49.4 Å². The van der Waals surface area contributed by atoms with Gasteiger partial charge in [-0.1, -0.05) is 30.3 Å². The molecule has 7 heteroatoms. The standard InChI is InChI=1S/C17H14N2O4S/c1-11-16(12-5-3-2-4-6-12)24(20,21)19-17(11)18-13-7-8-14-15(9-13)23-10-22-14/h2-9H,10H2,1H3,(H,18,19). The third-order valence-electron chi connectivity index (χ3n) is 3.84. The summed E-state index contributed by atoms with van der Waals surface area (Å²) in [6.45, 7) is 1.93. The van der Waals surface area contributed by atoms with Crippen LogP contribution in [0.4, 0.5) is 5.69 Å². The molecule has 0 atom stereocenters. The second-order valence-corrected chi connectivity index (χ2v) is 6.97. The molecule has 6 nitrogen and oxygen atoms in total. The first-order chi connectivity index (χ1) is 11.5. The highest BCUT2D eigenvalue weighted by atomic mass is 32.2. The maximum Gasteiger partial charge on any atom is 0.285 e. The number of hydrogen-bond acceptors (Lipinski definition) is 5. The van der Waals surface area contributed by atoms with Crippen LogP contribution in [0.1, 0.15) is 12.5 Å². The predicted octanol–water partition coefficient (Wildman–Crippen LogP) is 3.00. The summed E-state index contributed by atoms with van der Waals surface area (Å²) in [5.74, 6) is 1.60. The predicted molar refractivity (Wildman–Crippen MR) is 91.6 cm³/mol. The monoisotopic (exact) mass is 342 g/mol. The van der Waals surface area contributed by atoms with Crippen molar-refractivity contribution in [2.24, 2.45) is 4.40 Å². The molecule has 2 heterocycles. The SMILES string of the molecule is CC1=C(c2ccccc2)S(=O)(=O)N=C1Nc1ccc2c(c1)OCO2. The number of rotatable bonds is 2. The Balaban J connectivity index is 1.70. The average molecular weight is 342 g/mol. The Morgan fingerprint density at radius 1 is 1.04 bits per heavy atom. The van der Waals surface area contributed by atoms with Crippen LogP contribution in [-0.4, -0.2) is 21.0 Å². The van der Waals surface area contributed by atoms with Crippen LogP contribution in [0.5, 0.6) is 11.5 Å². The van der Waals surface area contributed by atoms with Crippen LogP contribution in [0.25, 0.3) is 4.91 Å². The van der Waals surface area contributed by atoms with Gasteiger partial charge in [0.15, 0.2) is 11.5 Å². The van der Waals surface area contributed by atoms with Gasteiger partial charge in [0.2, 0.25) is 6.79 Å².